The van der Waals surface area contributed by atoms with E-state index >= 15 is 0 Å². The zero-order valence-corrected chi connectivity index (χ0v) is 7.88. The highest BCUT2D eigenvalue weighted by Gasteiger charge is 2.19. The molecule has 0 saturated heterocycles. The first-order valence-electron chi connectivity index (χ1n) is 3.92. The van der Waals surface area contributed by atoms with E-state index in [4.69, 9.17) is 14.9 Å². The van der Waals surface area contributed by atoms with Gasteiger partial charge in [-0.05, 0) is 0 Å². The number of hydrogen-bond donors (Lipinski definition) is 2. The molecule has 82 valence electrons. The maximum absolute atomic E-state index is 10.7. The molecule has 1 rings (SSSR count). The molecule has 0 atom stereocenters. The molecule has 15 heavy (non-hydrogen) atoms. The molecule has 0 aliphatic rings. The molecule has 0 fully saturated rings. The predicted molar refractivity (Wildman–Crippen MR) is 45.3 cm³/mol. The summed E-state index contributed by atoms with van der Waals surface area (Å²) in [4.78, 5) is 21.1. The molecule has 0 radical (unpaired) electrons. The minimum Gasteiger partial charge on any atom is -0.480 e. The highest BCUT2D eigenvalue weighted by molar-refractivity contribution is 5.86. The van der Waals surface area contributed by atoms with Crippen LogP contribution in [0.15, 0.2) is 0 Å². The molecule has 0 spiro atoms. The summed E-state index contributed by atoms with van der Waals surface area (Å²) < 4.78 is 5.72. The average Bonchev–Trinajstić information content (AvgIpc) is 2.48. The summed E-state index contributed by atoms with van der Waals surface area (Å²) in [5, 5.41) is 24.0. The first-order chi connectivity index (χ1) is 7.06. The molecule has 0 saturated carbocycles. The molecule has 0 aliphatic heterocycles. The number of aromatic carboxylic acids is 1. The van der Waals surface area contributed by atoms with E-state index < -0.39 is 18.5 Å². The molecule has 8 nitrogen and oxygen atoms in total. The van der Waals surface area contributed by atoms with Crippen LogP contribution in [0.25, 0.3) is 0 Å². The standard InChI is InChI=1S/C7H9N3O5/c1-15-3-4-6(7(13)14)8-9-10(4)2-5(11)12/h2-3H2,1H3,(H,11,12)(H,13,14). The number of carbonyl (C=O) groups is 2. The summed E-state index contributed by atoms with van der Waals surface area (Å²) in [5.74, 6) is -2.40. The van der Waals surface area contributed by atoms with Gasteiger partial charge in [-0.15, -0.1) is 5.10 Å². The molecular weight excluding hydrogens is 206 g/mol. The molecule has 8 heteroatoms. The van der Waals surface area contributed by atoms with Gasteiger partial charge in [-0.25, -0.2) is 9.48 Å². The predicted octanol–water partition coefficient (Wildman–Crippen LogP) is -0.793. The van der Waals surface area contributed by atoms with Crippen LogP contribution < -0.4 is 0 Å². The maximum atomic E-state index is 10.7. The second-order valence-electron chi connectivity index (χ2n) is 2.67. The van der Waals surface area contributed by atoms with Crippen LogP contribution in [0.3, 0.4) is 0 Å². The monoisotopic (exact) mass is 215 g/mol. The minimum absolute atomic E-state index is 0.0537. The second kappa shape index (κ2) is 4.51. The molecule has 0 aromatic carbocycles. The van der Waals surface area contributed by atoms with Crippen LogP contribution in [0.1, 0.15) is 16.2 Å². The van der Waals surface area contributed by atoms with Crippen molar-refractivity contribution in [1.82, 2.24) is 15.0 Å². The molecule has 1 heterocycles. The lowest BCUT2D eigenvalue weighted by atomic mass is 10.3. The Hall–Kier alpha value is -1.96. The Kier molecular flexibility index (Phi) is 3.34. The lowest BCUT2D eigenvalue weighted by Gasteiger charge is -2.02. The van der Waals surface area contributed by atoms with Gasteiger partial charge < -0.3 is 14.9 Å². The summed E-state index contributed by atoms with van der Waals surface area (Å²) in [6.07, 6.45) is 0. The first kappa shape index (κ1) is 11.1. The number of carboxylic acids is 2. The van der Waals surface area contributed by atoms with E-state index in [1.165, 1.54) is 7.11 Å². The number of aliphatic carboxylic acids is 1. The molecule has 0 unspecified atom stereocenters. The summed E-state index contributed by atoms with van der Waals surface area (Å²) in [6, 6.07) is 0. The number of carboxylic acid groups (broad SMARTS) is 2. The van der Waals surface area contributed by atoms with E-state index in [0.29, 0.717) is 0 Å². The Morgan fingerprint density at radius 2 is 2.13 bits per heavy atom. The number of aromatic nitrogens is 3. The normalized spacial score (nSPS) is 10.2. The van der Waals surface area contributed by atoms with E-state index in [-0.39, 0.29) is 18.0 Å². The van der Waals surface area contributed by atoms with Crippen molar-refractivity contribution in [3.8, 4) is 0 Å². The maximum Gasteiger partial charge on any atom is 0.358 e. The largest absolute Gasteiger partial charge is 0.480 e. The van der Waals surface area contributed by atoms with Crippen molar-refractivity contribution < 1.29 is 24.5 Å². The SMILES string of the molecule is COCc1c(C(=O)O)nnn1CC(=O)O. The van der Waals surface area contributed by atoms with Crippen LogP contribution >= 0.6 is 0 Å². The summed E-state index contributed by atoms with van der Waals surface area (Å²) in [5.41, 5.74) is -0.162. The van der Waals surface area contributed by atoms with Gasteiger partial charge >= 0.3 is 11.9 Å². The summed E-state index contributed by atoms with van der Waals surface area (Å²) in [7, 11) is 1.36. The third-order valence-electron chi connectivity index (χ3n) is 1.61. The third kappa shape index (κ3) is 2.50. The molecule has 0 amide bonds. The van der Waals surface area contributed by atoms with Crippen LogP contribution in [0.2, 0.25) is 0 Å². The molecule has 2 N–H and O–H groups in total. The van der Waals surface area contributed by atoms with E-state index in [2.05, 4.69) is 10.3 Å². The van der Waals surface area contributed by atoms with Crippen LogP contribution in [0.5, 0.6) is 0 Å². The lowest BCUT2D eigenvalue weighted by Crippen LogP contribution is -2.15. The van der Waals surface area contributed by atoms with Gasteiger partial charge in [0, 0.05) is 7.11 Å². The van der Waals surface area contributed by atoms with Crippen LogP contribution in [0, 0.1) is 0 Å². The molecule has 1 aromatic rings. The van der Waals surface area contributed by atoms with Crippen molar-refractivity contribution in [3.05, 3.63) is 11.4 Å². The lowest BCUT2D eigenvalue weighted by molar-refractivity contribution is -0.138. The van der Waals surface area contributed by atoms with Crippen molar-refractivity contribution in [2.24, 2.45) is 0 Å². The molecule has 0 bridgehead atoms. The van der Waals surface area contributed by atoms with Crippen molar-refractivity contribution >= 4 is 11.9 Å². The molecule has 1 aromatic heterocycles. The summed E-state index contributed by atoms with van der Waals surface area (Å²) in [6.45, 7) is -0.499. The summed E-state index contributed by atoms with van der Waals surface area (Å²) >= 11 is 0. The zero-order valence-electron chi connectivity index (χ0n) is 7.88. The average molecular weight is 215 g/mol. The van der Waals surface area contributed by atoms with Gasteiger partial charge in [-0.1, -0.05) is 5.21 Å². The Morgan fingerprint density at radius 1 is 1.47 bits per heavy atom. The van der Waals surface area contributed by atoms with E-state index in [0.717, 1.165) is 4.68 Å². The van der Waals surface area contributed by atoms with E-state index in [1.54, 1.807) is 0 Å². The number of rotatable bonds is 5. The Bertz CT molecular complexity index is 386. The Labute approximate surface area is 84.1 Å². The van der Waals surface area contributed by atoms with Gasteiger partial charge in [0.25, 0.3) is 0 Å². The van der Waals surface area contributed by atoms with Gasteiger partial charge in [0.2, 0.25) is 0 Å². The Morgan fingerprint density at radius 3 is 2.60 bits per heavy atom. The van der Waals surface area contributed by atoms with Crippen molar-refractivity contribution in [3.63, 3.8) is 0 Å². The van der Waals surface area contributed by atoms with E-state index in [1.807, 2.05) is 0 Å². The quantitative estimate of drug-likeness (QED) is 0.661. The fourth-order valence-electron chi connectivity index (χ4n) is 1.03. The zero-order chi connectivity index (χ0) is 11.4. The highest BCUT2D eigenvalue weighted by atomic mass is 16.5. The Balaban J connectivity index is 3.05. The smallest absolute Gasteiger partial charge is 0.358 e. The third-order valence-corrected chi connectivity index (χ3v) is 1.61. The molecular formula is C7H9N3O5. The van der Waals surface area contributed by atoms with Crippen molar-refractivity contribution in [1.29, 1.82) is 0 Å². The van der Waals surface area contributed by atoms with Gasteiger partial charge in [-0.3, -0.25) is 4.79 Å². The number of methoxy groups -OCH3 is 1. The number of ether oxygens (including phenoxy) is 1. The molecule has 0 aliphatic carbocycles. The topological polar surface area (TPSA) is 115 Å². The number of hydrogen-bond acceptors (Lipinski definition) is 5. The second-order valence-corrected chi connectivity index (χ2v) is 2.67. The van der Waals surface area contributed by atoms with Gasteiger partial charge in [0.15, 0.2) is 5.69 Å². The van der Waals surface area contributed by atoms with Crippen molar-refractivity contribution in [2.75, 3.05) is 7.11 Å². The fraction of sp³-hybridized carbons (Fsp3) is 0.429. The fourth-order valence-corrected chi connectivity index (χ4v) is 1.03. The van der Waals surface area contributed by atoms with Gasteiger partial charge in [-0.2, -0.15) is 0 Å². The number of nitrogens with zero attached hydrogens (tertiary/aromatic N) is 3. The highest BCUT2D eigenvalue weighted by Crippen LogP contribution is 2.06. The van der Waals surface area contributed by atoms with Gasteiger partial charge in [0.05, 0.1) is 12.3 Å². The minimum atomic E-state index is -1.27. The van der Waals surface area contributed by atoms with Gasteiger partial charge in [0.1, 0.15) is 6.54 Å². The van der Waals surface area contributed by atoms with Crippen LogP contribution in [0.4, 0.5) is 0 Å². The van der Waals surface area contributed by atoms with Crippen LogP contribution in [-0.4, -0.2) is 44.3 Å². The van der Waals surface area contributed by atoms with Crippen LogP contribution in [-0.2, 0) is 22.7 Å². The van der Waals surface area contributed by atoms with Crippen molar-refractivity contribution in [2.45, 2.75) is 13.2 Å². The first-order valence-corrected chi connectivity index (χ1v) is 3.92. The van der Waals surface area contributed by atoms with E-state index in [9.17, 15) is 9.59 Å².